The fraction of sp³-hybridized carbons (Fsp3) is 0.250. The fourth-order valence-corrected chi connectivity index (χ4v) is 3.95. The minimum Gasteiger partial charge on any atom is -0.217 e. The van der Waals surface area contributed by atoms with Gasteiger partial charge in [0, 0.05) is 11.4 Å². The van der Waals surface area contributed by atoms with Gasteiger partial charge in [-0.05, 0) is 55.0 Å². The Morgan fingerprint density at radius 3 is 2.64 bits per heavy atom. The number of aromatic nitrogens is 4. The molecule has 4 nitrogen and oxygen atoms in total. The van der Waals surface area contributed by atoms with Crippen molar-refractivity contribution in [1.82, 2.24) is 20.0 Å². The van der Waals surface area contributed by atoms with Gasteiger partial charge in [0.05, 0.1) is 5.69 Å². The molecule has 1 aliphatic rings. The molecule has 4 rings (SSSR count). The molecule has 0 spiro atoms. The Morgan fingerprint density at radius 1 is 1.12 bits per heavy atom. The summed E-state index contributed by atoms with van der Waals surface area (Å²) in [5, 5.41) is 14.4. The van der Waals surface area contributed by atoms with E-state index in [0.717, 1.165) is 35.0 Å². The van der Waals surface area contributed by atoms with Crippen molar-refractivity contribution in [3.05, 3.63) is 71.1 Å². The van der Waals surface area contributed by atoms with Crippen molar-refractivity contribution in [3.8, 4) is 5.82 Å². The molecule has 0 unspecified atom stereocenters. The lowest BCUT2D eigenvalue weighted by atomic mass is 10.1. The van der Waals surface area contributed by atoms with E-state index in [1.807, 2.05) is 22.9 Å². The molecule has 3 aromatic rings. The molecule has 0 N–H and O–H groups in total. The van der Waals surface area contributed by atoms with Gasteiger partial charge in [-0.2, -0.15) is 5.10 Å². The number of hydrogen-bond acceptors (Lipinski definition) is 4. The number of hydrogen-bond donors (Lipinski definition) is 0. The first kappa shape index (κ1) is 16.1. The molecule has 0 saturated carbocycles. The number of thioether (sulfide) groups is 1. The highest BCUT2D eigenvalue weighted by molar-refractivity contribution is 7.98. The molecule has 2 aromatic heterocycles. The Bertz CT molecular complexity index is 895. The van der Waals surface area contributed by atoms with Crippen LogP contribution in [-0.2, 0) is 18.6 Å². The van der Waals surface area contributed by atoms with E-state index in [0.29, 0.717) is 0 Å². The van der Waals surface area contributed by atoms with Crippen LogP contribution in [0.1, 0.15) is 34.5 Å². The van der Waals surface area contributed by atoms with Crippen molar-refractivity contribution in [3.63, 3.8) is 0 Å². The molecular weight excluding hydrogens is 328 g/mol. The van der Waals surface area contributed by atoms with Gasteiger partial charge in [0.25, 0.3) is 0 Å². The van der Waals surface area contributed by atoms with Gasteiger partial charge in [0.15, 0.2) is 5.82 Å². The Kier molecular flexibility index (Phi) is 4.40. The first-order valence-corrected chi connectivity index (χ1v) is 9.49. The Hall–Kier alpha value is -2.40. The summed E-state index contributed by atoms with van der Waals surface area (Å²) in [4.78, 5) is 0. The van der Waals surface area contributed by atoms with Crippen LogP contribution in [0.2, 0.25) is 0 Å². The molecule has 0 amide bonds. The normalized spacial score (nSPS) is 13.0. The zero-order valence-electron chi connectivity index (χ0n) is 14.3. The van der Waals surface area contributed by atoms with E-state index in [-0.39, 0.29) is 0 Å². The molecule has 0 aliphatic heterocycles. The summed E-state index contributed by atoms with van der Waals surface area (Å²) in [5.74, 6) is 1.67. The summed E-state index contributed by atoms with van der Waals surface area (Å²) >= 11 is 1.69. The second-order valence-electron chi connectivity index (χ2n) is 6.24. The van der Waals surface area contributed by atoms with Crippen LogP contribution in [0.25, 0.3) is 11.9 Å². The van der Waals surface area contributed by atoms with Gasteiger partial charge in [-0.25, -0.2) is 4.68 Å². The molecule has 1 aromatic carbocycles. The maximum atomic E-state index is 4.70. The average Bonchev–Trinajstić information content (AvgIpc) is 3.24. The molecule has 0 bridgehead atoms. The van der Waals surface area contributed by atoms with Gasteiger partial charge in [-0.1, -0.05) is 48.7 Å². The van der Waals surface area contributed by atoms with Crippen molar-refractivity contribution in [2.24, 2.45) is 0 Å². The van der Waals surface area contributed by atoms with E-state index in [9.17, 15) is 0 Å². The van der Waals surface area contributed by atoms with E-state index in [4.69, 9.17) is 5.10 Å². The first-order chi connectivity index (χ1) is 12.2. The minimum atomic E-state index is 0.798. The van der Waals surface area contributed by atoms with E-state index < -0.39 is 0 Å². The predicted octanol–water partition coefficient (Wildman–Crippen LogP) is 4.39. The van der Waals surface area contributed by atoms with Crippen molar-refractivity contribution >= 4 is 17.8 Å². The van der Waals surface area contributed by atoms with Crippen LogP contribution in [0, 0.1) is 6.92 Å². The first-order valence-electron chi connectivity index (χ1n) is 8.50. The SMILES string of the molecule is C=Cc1ccc(CSc2ccc(-n3nc4c(c3C)CCC4)nn2)cc1. The molecular formula is C20H20N4S. The number of nitrogens with zero attached hydrogens (tertiary/aromatic N) is 4. The predicted molar refractivity (Wildman–Crippen MR) is 102 cm³/mol. The molecule has 0 radical (unpaired) electrons. The molecule has 0 fully saturated rings. The molecule has 126 valence electrons. The standard InChI is InChI=1S/C20H20N4S/c1-3-15-7-9-16(10-8-15)13-25-20-12-11-19(21-22-20)24-14(2)17-5-4-6-18(17)23-24/h3,7-12H,1,4-6,13H2,2H3. The molecule has 25 heavy (non-hydrogen) atoms. The monoisotopic (exact) mass is 348 g/mol. The summed E-state index contributed by atoms with van der Waals surface area (Å²) in [5.41, 5.74) is 6.22. The van der Waals surface area contributed by atoms with Crippen molar-refractivity contribution in [2.45, 2.75) is 37.0 Å². The van der Waals surface area contributed by atoms with E-state index >= 15 is 0 Å². The van der Waals surface area contributed by atoms with E-state index in [1.54, 1.807) is 11.8 Å². The zero-order valence-corrected chi connectivity index (χ0v) is 15.1. The summed E-state index contributed by atoms with van der Waals surface area (Å²) < 4.78 is 1.93. The van der Waals surface area contributed by atoms with Gasteiger partial charge in [0.1, 0.15) is 5.03 Å². The van der Waals surface area contributed by atoms with E-state index in [2.05, 4.69) is 48.0 Å². The lowest BCUT2D eigenvalue weighted by Crippen LogP contribution is -2.04. The van der Waals surface area contributed by atoms with Crippen LogP contribution in [-0.4, -0.2) is 20.0 Å². The minimum absolute atomic E-state index is 0.798. The highest BCUT2D eigenvalue weighted by Crippen LogP contribution is 2.26. The van der Waals surface area contributed by atoms with Crippen molar-refractivity contribution in [2.75, 3.05) is 0 Å². The van der Waals surface area contributed by atoms with E-state index in [1.165, 1.54) is 28.9 Å². The zero-order chi connectivity index (χ0) is 17.2. The molecule has 0 atom stereocenters. The van der Waals surface area contributed by atoms with Gasteiger partial charge in [-0.3, -0.25) is 0 Å². The number of fused-ring (bicyclic) bond motifs is 1. The smallest absolute Gasteiger partial charge is 0.176 e. The van der Waals surface area contributed by atoms with Crippen molar-refractivity contribution < 1.29 is 0 Å². The third kappa shape index (κ3) is 3.24. The molecule has 1 aliphatic carbocycles. The van der Waals surface area contributed by atoms with Crippen LogP contribution in [0.15, 0.2) is 48.0 Å². The average molecular weight is 348 g/mol. The lowest BCUT2D eigenvalue weighted by molar-refractivity contribution is 0.738. The Labute approximate surface area is 152 Å². The van der Waals surface area contributed by atoms with Gasteiger partial charge in [0.2, 0.25) is 0 Å². The van der Waals surface area contributed by atoms with Gasteiger partial charge in [-0.15, -0.1) is 10.2 Å². The third-order valence-electron chi connectivity index (χ3n) is 4.61. The highest BCUT2D eigenvalue weighted by Gasteiger charge is 2.20. The number of rotatable bonds is 5. The van der Waals surface area contributed by atoms with Crippen LogP contribution in [0.4, 0.5) is 0 Å². The third-order valence-corrected chi connectivity index (χ3v) is 5.60. The topological polar surface area (TPSA) is 43.6 Å². The lowest BCUT2D eigenvalue weighted by Gasteiger charge is -2.05. The Morgan fingerprint density at radius 2 is 1.96 bits per heavy atom. The fourth-order valence-electron chi connectivity index (χ4n) is 3.18. The number of benzene rings is 1. The molecule has 5 heteroatoms. The van der Waals surface area contributed by atoms with Gasteiger partial charge < -0.3 is 0 Å². The maximum Gasteiger partial charge on any atom is 0.176 e. The summed E-state index contributed by atoms with van der Waals surface area (Å²) in [7, 11) is 0. The largest absolute Gasteiger partial charge is 0.217 e. The van der Waals surface area contributed by atoms with Crippen molar-refractivity contribution in [1.29, 1.82) is 0 Å². The van der Waals surface area contributed by atoms with Gasteiger partial charge >= 0.3 is 0 Å². The molecule has 2 heterocycles. The number of aryl methyl sites for hydroxylation is 1. The second kappa shape index (κ2) is 6.84. The quantitative estimate of drug-likeness (QED) is 0.641. The second-order valence-corrected chi connectivity index (χ2v) is 7.24. The summed E-state index contributed by atoms with van der Waals surface area (Å²) in [6.07, 6.45) is 5.28. The Balaban J connectivity index is 1.45. The van der Waals surface area contributed by atoms with Crippen LogP contribution < -0.4 is 0 Å². The van der Waals surface area contributed by atoms with Crippen LogP contribution in [0.5, 0.6) is 0 Å². The summed E-state index contributed by atoms with van der Waals surface area (Å²) in [6, 6.07) is 12.4. The van der Waals surface area contributed by atoms with Crippen LogP contribution >= 0.6 is 11.8 Å². The maximum absolute atomic E-state index is 4.70. The molecule has 0 saturated heterocycles. The van der Waals surface area contributed by atoms with Crippen LogP contribution in [0.3, 0.4) is 0 Å². The highest BCUT2D eigenvalue weighted by atomic mass is 32.2. The summed E-state index contributed by atoms with van der Waals surface area (Å²) in [6.45, 7) is 5.90.